The van der Waals surface area contributed by atoms with Crippen LogP contribution in [0.2, 0.25) is 0 Å². The minimum Gasteiger partial charge on any atom is -0.503 e. The average Bonchev–Trinajstić information content (AvgIpc) is 2.31. The summed E-state index contributed by atoms with van der Waals surface area (Å²) in [5, 5.41) is 9.80. The zero-order chi connectivity index (χ0) is 12.8. The third-order valence-electron chi connectivity index (χ3n) is 2.65. The summed E-state index contributed by atoms with van der Waals surface area (Å²) in [6.07, 6.45) is 3.17. The SMILES string of the molecule is CCCC[C@@H](N)c1cc(Br)c(O)c(OCC)c1.Cl. The van der Waals surface area contributed by atoms with Crippen molar-refractivity contribution < 1.29 is 9.84 Å². The van der Waals surface area contributed by atoms with Gasteiger partial charge in [-0.05, 0) is 47.0 Å². The number of nitrogens with two attached hydrogens (primary N) is 1. The van der Waals surface area contributed by atoms with Crippen molar-refractivity contribution in [3.63, 3.8) is 0 Å². The zero-order valence-corrected chi connectivity index (χ0v) is 13.2. The van der Waals surface area contributed by atoms with E-state index in [9.17, 15) is 5.11 Å². The monoisotopic (exact) mass is 337 g/mol. The maximum Gasteiger partial charge on any atom is 0.172 e. The molecule has 0 saturated carbocycles. The van der Waals surface area contributed by atoms with Crippen molar-refractivity contribution in [3.8, 4) is 11.5 Å². The highest BCUT2D eigenvalue weighted by Gasteiger charge is 2.13. The van der Waals surface area contributed by atoms with Crippen LogP contribution in [0.25, 0.3) is 0 Å². The number of phenols is 1. The van der Waals surface area contributed by atoms with E-state index in [1.165, 1.54) is 0 Å². The smallest absolute Gasteiger partial charge is 0.172 e. The molecule has 104 valence electrons. The van der Waals surface area contributed by atoms with Crippen molar-refractivity contribution in [1.82, 2.24) is 0 Å². The molecule has 0 amide bonds. The van der Waals surface area contributed by atoms with Gasteiger partial charge in [-0.15, -0.1) is 12.4 Å². The van der Waals surface area contributed by atoms with Crippen LogP contribution in [-0.2, 0) is 0 Å². The minimum atomic E-state index is -0.00828. The topological polar surface area (TPSA) is 55.5 Å². The van der Waals surface area contributed by atoms with Gasteiger partial charge in [-0.1, -0.05) is 19.8 Å². The molecule has 1 rings (SSSR count). The van der Waals surface area contributed by atoms with E-state index < -0.39 is 0 Å². The van der Waals surface area contributed by atoms with E-state index >= 15 is 0 Å². The predicted octanol–water partition coefficient (Wildman–Crippen LogP) is 4.17. The quantitative estimate of drug-likeness (QED) is 0.818. The number of benzene rings is 1. The molecule has 0 bridgehead atoms. The van der Waals surface area contributed by atoms with Crippen LogP contribution >= 0.6 is 28.3 Å². The Hall–Kier alpha value is -0.450. The lowest BCUT2D eigenvalue weighted by Crippen LogP contribution is -2.10. The summed E-state index contributed by atoms with van der Waals surface area (Å²) in [6.45, 7) is 4.55. The van der Waals surface area contributed by atoms with Gasteiger partial charge in [0.05, 0.1) is 11.1 Å². The molecule has 18 heavy (non-hydrogen) atoms. The van der Waals surface area contributed by atoms with Gasteiger partial charge in [-0.2, -0.15) is 0 Å². The molecule has 5 heteroatoms. The molecule has 0 unspecified atom stereocenters. The molecular formula is C13H21BrClNO2. The average molecular weight is 339 g/mol. The minimum absolute atomic E-state index is 0. The van der Waals surface area contributed by atoms with E-state index in [1.54, 1.807) is 0 Å². The molecule has 0 aliphatic rings. The van der Waals surface area contributed by atoms with Crippen LogP contribution in [0.4, 0.5) is 0 Å². The van der Waals surface area contributed by atoms with Crippen LogP contribution in [0.3, 0.4) is 0 Å². The van der Waals surface area contributed by atoms with Crippen molar-refractivity contribution in [2.24, 2.45) is 5.73 Å². The Morgan fingerprint density at radius 3 is 2.61 bits per heavy atom. The molecule has 1 atom stereocenters. The fourth-order valence-corrected chi connectivity index (χ4v) is 2.12. The summed E-state index contributed by atoms with van der Waals surface area (Å²) >= 11 is 3.32. The maximum atomic E-state index is 9.80. The Morgan fingerprint density at radius 1 is 1.39 bits per heavy atom. The van der Waals surface area contributed by atoms with Gasteiger partial charge < -0.3 is 15.6 Å². The summed E-state index contributed by atoms with van der Waals surface area (Å²) in [4.78, 5) is 0. The first-order valence-corrected chi connectivity index (χ1v) is 6.80. The highest BCUT2D eigenvalue weighted by molar-refractivity contribution is 9.10. The van der Waals surface area contributed by atoms with Gasteiger partial charge in [0.25, 0.3) is 0 Å². The van der Waals surface area contributed by atoms with Crippen LogP contribution in [0, 0.1) is 0 Å². The summed E-state index contributed by atoms with van der Waals surface area (Å²) in [5.74, 6) is 0.627. The number of aromatic hydroxyl groups is 1. The third kappa shape index (κ3) is 4.67. The molecule has 0 radical (unpaired) electrons. The van der Waals surface area contributed by atoms with Crippen LogP contribution in [0.5, 0.6) is 11.5 Å². The largest absolute Gasteiger partial charge is 0.503 e. The highest BCUT2D eigenvalue weighted by Crippen LogP contribution is 2.37. The fraction of sp³-hybridized carbons (Fsp3) is 0.538. The Labute approximate surface area is 123 Å². The van der Waals surface area contributed by atoms with Crippen LogP contribution in [0.1, 0.15) is 44.7 Å². The lowest BCUT2D eigenvalue weighted by Gasteiger charge is -2.15. The number of phenolic OH excluding ortho intramolecular Hbond substituents is 1. The van der Waals surface area contributed by atoms with Gasteiger partial charge in [0.15, 0.2) is 11.5 Å². The summed E-state index contributed by atoms with van der Waals surface area (Å²) in [7, 11) is 0. The molecule has 0 fully saturated rings. The van der Waals surface area contributed by atoms with E-state index in [1.807, 2.05) is 19.1 Å². The van der Waals surface area contributed by atoms with Crippen molar-refractivity contribution >= 4 is 28.3 Å². The lowest BCUT2D eigenvalue weighted by molar-refractivity contribution is 0.316. The molecule has 0 aromatic heterocycles. The molecule has 1 aromatic carbocycles. The molecule has 0 heterocycles. The first kappa shape index (κ1) is 17.6. The molecule has 1 aromatic rings. The Bertz CT molecular complexity index is 374. The van der Waals surface area contributed by atoms with Gasteiger partial charge in [-0.3, -0.25) is 0 Å². The van der Waals surface area contributed by atoms with Crippen molar-refractivity contribution in [3.05, 3.63) is 22.2 Å². The second-order valence-electron chi connectivity index (χ2n) is 4.03. The molecule has 0 saturated heterocycles. The number of hydrogen-bond acceptors (Lipinski definition) is 3. The van der Waals surface area contributed by atoms with Crippen molar-refractivity contribution in [2.75, 3.05) is 6.61 Å². The van der Waals surface area contributed by atoms with E-state index in [2.05, 4.69) is 22.9 Å². The Kier molecular flexibility index (Phi) is 8.40. The molecule has 3 N–H and O–H groups in total. The van der Waals surface area contributed by atoms with Gasteiger partial charge in [-0.25, -0.2) is 0 Å². The zero-order valence-electron chi connectivity index (χ0n) is 10.8. The normalized spacial score (nSPS) is 11.8. The highest BCUT2D eigenvalue weighted by atomic mass is 79.9. The lowest BCUT2D eigenvalue weighted by atomic mass is 10.0. The van der Waals surface area contributed by atoms with Crippen LogP contribution in [-0.4, -0.2) is 11.7 Å². The molecule has 3 nitrogen and oxygen atoms in total. The van der Waals surface area contributed by atoms with Crippen LogP contribution < -0.4 is 10.5 Å². The Morgan fingerprint density at radius 2 is 2.06 bits per heavy atom. The fourth-order valence-electron chi connectivity index (χ4n) is 1.66. The number of hydrogen-bond donors (Lipinski definition) is 2. The molecule has 0 spiro atoms. The van der Waals surface area contributed by atoms with Gasteiger partial charge in [0, 0.05) is 6.04 Å². The standard InChI is InChI=1S/C13H20BrNO2.ClH/c1-3-5-6-11(15)9-7-10(14)13(16)12(8-9)17-4-2;/h7-8,11,16H,3-6,15H2,1-2H3;1H/t11-;/m1./s1. The Balaban J connectivity index is 0.00000289. The molecule has 0 aliphatic heterocycles. The second-order valence-corrected chi connectivity index (χ2v) is 4.89. The van der Waals surface area contributed by atoms with Gasteiger partial charge in [0.2, 0.25) is 0 Å². The van der Waals surface area contributed by atoms with E-state index in [0.717, 1.165) is 24.8 Å². The summed E-state index contributed by atoms with van der Waals surface area (Å²) < 4.78 is 6.01. The van der Waals surface area contributed by atoms with Crippen molar-refractivity contribution in [2.45, 2.75) is 39.2 Å². The second kappa shape index (κ2) is 8.62. The number of halogens is 2. The summed E-state index contributed by atoms with van der Waals surface area (Å²) in [6, 6.07) is 3.67. The van der Waals surface area contributed by atoms with E-state index in [0.29, 0.717) is 16.8 Å². The third-order valence-corrected chi connectivity index (χ3v) is 3.25. The van der Waals surface area contributed by atoms with E-state index in [-0.39, 0.29) is 24.2 Å². The maximum absolute atomic E-state index is 9.80. The van der Waals surface area contributed by atoms with Gasteiger partial charge in [0.1, 0.15) is 0 Å². The number of rotatable bonds is 6. The van der Waals surface area contributed by atoms with Crippen molar-refractivity contribution in [1.29, 1.82) is 0 Å². The van der Waals surface area contributed by atoms with E-state index in [4.69, 9.17) is 10.5 Å². The van der Waals surface area contributed by atoms with Gasteiger partial charge >= 0.3 is 0 Å². The first-order chi connectivity index (χ1) is 8.10. The van der Waals surface area contributed by atoms with Crippen LogP contribution in [0.15, 0.2) is 16.6 Å². The first-order valence-electron chi connectivity index (χ1n) is 6.00. The number of unbranched alkanes of at least 4 members (excludes halogenated alkanes) is 1. The summed E-state index contributed by atoms with van der Waals surface area (Å²) in [5.41, 5.74) is 7.10. The predicted molar refractivity (Wildman–Crippen MR) is 80.7 cm³/mol. The molecular weight excluding hydrogens is 318 g/mol. The molecule has 0 aliphatic carbocycles. The number of ether oxygens (including phenoxy) is 1.